The predicted octanol–water partition coefficient (Wildman–Crippen LogP) is 13.8. The van der Waals surface area contributed by atoms with Gasteiger partial charge < -0.3 is 9.47 Å². The summed E-state index contributed by atoms with van der Waals surface area (Å²) in [4.78, 5) is 2.34. The van der Waals surface area contributed by atoms with Gasteiger partial charge in [-0.3, -0.25) is 0 Å². The Morgan fingerprint density at radius 3 is 1.65 bits per heavy atom. The van der Waals surface area contributed by atoms with Crippen molar-refractivity contribution in [3.8, 4) is 16.8 Å². The third-order valence-electron chi connectivity index (χ3n) is 11.6. The molecule has 0 spiro atoms. The van der Waals surface area contributed by atoms with Crippen LogP contribution in [-0.4, -0.2) is 4.57 Å². The molecule has 11 rings (SSSR count). The fourth-order valence-corrected chi connectivity index (χ4v) is 9.29. The molecule has 0 aliphatic heterocycles. The van der Waals surface area contributed by atoms with Gasteiger partial charge in [0.25, 0.3) is 0 Å². The molecule has 0 saturated heterocycles. The van der Waals surface area contributed by atoms with Crippen LogP contribution in [0.3, 0.4) is 0 Å². The lowest BCUT2D eigenvalue weighted by atomic mass is 9.67. The number of aromatic nitrogens is 1. The molecular weight excluding hydrogens is 665 g/mol. The highest BCUT2D eigenvalue weighted by molar-refractivity contribution is 6.10. The van der Waals surface area contributed by atoms with E-state index in [4.69, 9.17) is 0 Å². The van der Waals surface area contributed by atoms with Crippen LogP contribution in [0.25, 0.3) is 49.4 Å². The minimum atomic E-state index is -0.447. The van der Waals surface area contributed by atoms with Gasteiger partial charge in [-0.15, -0.1) is 0 Å². The van der Waals surface area contributed by atoms with Crippen LogP contribution in [-0.2, 0) is 5.41 Å². The number of hydrogen-bond donors (Lipinski definition) is 0. The Bertz CT molecular complexity index is 2980. The molecule has 0 radical (unpaired) electrons. The van der Waals surface area contributed by atoms with Crippen molar-refractivity contribution < 1.29 is 0 Å². The Kier molecular flexibility index (Phi) is 7.11. The molecule has 2 nitrogen and oxygen atoms in total. The van der Waals surface area contributed by atoms with Crippen molar-refractivity contribution in [3.05, 3.63) is 241 Å². The Labute approximate surface area is 320 Å². The van der Waals surface area contributed by atoms with E-state index in [0.29, 0.717) is 0 Å². The fraction of sp³-hybridized carbons (Fsp3) is 0.0189. The van der Waals surface area contributed by atoms with Crippen molar-refractivity contribution in [2.24, 2.45) is 0 Å². The van der Waals surface area contributed by atoms with Crippen molar-refractivity contribution in [2.45, 2.75) is 5.41 Å². The number of para-hydroxylation sites is 2. The lowest BCUT2D eigenvalue weighted by molar-refractivity contribution is 0.770. The maximum atomic E-state index is 2.46. The van der Waals surface area contributed by atoms with Gasteiger partial charge in [0.1, 0.15) is 0 Å². The Hall–Kier alpha value is -7.16. The number of fused-ring (bicyclic) bond motifs is 7. The molecule has 55 heavy (non-hydrogen) atoms. The summed E-state index contributed by atoms with van der Waals surface area (Å²) < 4.78 is 2.42. The molecular formula is C53H36N2. The minimum Gasteiger partial charge on any atom is -0.310 e. The molecule has 0 unspecified atom stereocenters. The molecule has 2 heteroatoms. The summed E-state index contributed by atoms with van der Waals surface area (Å²) in [6, 6.07) is 80.0. The van der Waals surface area contributed by atoms with Crippen molar-refractivity contribution in [1.29, 1.82) is 0 Å². The number of rotatable bonds is 6. The van der Waals surface area contributed by atoms with Gasteiger partial charge in [-0.2, -0.15) is 0 Å². The van der Waals surface area contributed by atoms with Gasteiger partial charge >= 0.3 is 0 Å². The first kappa shape index (κ1) is 31.4. The predicted molar refractivity (Wildman–Crippen MR) is 230 cm³/mol. The fourth-order valence-electron chi connectivity index (χ4n) is 9.29. The highest BCUT2D eigenvalue weighted by Crippen LogP contribution is 2.56. The van der Waals surface area contributed by atoms with Crippen LogP contribution in [0.1, 0.15) is 22.3 Å². The molecule has 0 bridgehead atoms. The Morgan fingerprint density at radius 1 is 0.345 bits per heavy atom. The summed E-state index contributed by atoms with van der Waals surface area (Å²) in [5, 5.41) is 4.95. The lowest BCUT2D eigenvalue weighted by Gasteiger charge is -2.34. The van der Waals surface area contributed by atoms with Crippen LogP contribution in [0.5, 0.6) is 0 Å². The second kappa shape index (κ2) is 12.5. The molecule has 0 fully saturated rings. The van der Waals surface area contributed by atoms with Crippen molar-refractivity contribution in [2.75, 3.05) is 4.90 Å². The summed E-state index contributed by atoms with van der Waals surface area (Å²) in [5.74, 6) is 0. The lowest BCUT2D eigenvalue weighted by Crippen LogP contribution is -2.28. The number of hydrogen-bond acceptors (Lipinski definition) is 1. The molecule has 1 aliphatic carbocycles. The zero-order valence-corrected chi connectivity index (χ0v) is 30.2. The average molecular weight is 701 g/mol. The Balaban J connectivity index is 1.09. The van der Waals surface area contributed by atoms with Gasteiger partial charge in [0.15, 0.2) is 0 Å². The zero-order valence-electron chi connectivity index (χ0n) is 30.2. The van der Waals surface area contributed by atoms with E-state index < -0.39 is 5.41 Å². The SMILES string of the molecule is c1ccc(N(c2ccc(-n3c4ccccc4c4cc(C5(c6ccccc6)c6ccccc6-c6ccccc65)ccc43)cc2)c2ccc3ccccc3c2)cc1. The summed E-state index contributed by atoms with van der Waals surface area (Å²) in [6.45, 7) is 0. The molecule has 0 saturated carbocycles. The van der Waals surface area contributed by atoms with Crippen LogP contribution in [0.4, 0.5) is 17.1 Å². The third kappa shape index (κ3) is 4.75. The van der Waals surface area contributed by atoms with Crippen molar-refractivity contribution in [3.63, 3.8) is 0 Å². The van der Waals surface area contributed by atoms with E-state index >= 15 is 0 Å². The van der Waals surface area contributed by atoms with Crippen molar-refractivity contribution in [1.82, 2.24) is 4.57 Å². The highest BCUT2D eigenvalue weighted by atomic mass is 15.1. The second-order valence-corrected chi connectivity index (χ2v) is 14.5. The molecule has 0 amide bonds. The molecule has 9 aromatic carbocycles. The van der Waals surface area contributed by atoms with Crippen LogP contribution < -0.4 is 4.90 Å². The standard InChI is InChI=1S/C53H36N2/c1-3-17-39(18-4-1)53(49-24-12-9-21-45(49)46-22-10-13-25-50(46)53)40-28-34-52-48(36-40)47-23-11-14-26-51(47)55(52)43-32-30-42(31-33-43)54(41-19-5-2-6-20-41)44-29-27-37-15-7-8-16-38(37)35-44/h1-36H. The summed E-state index contributed by atoms with van der Waals surface area (Å²) in [6.07, 6.45) is 0. The zero-order chi connectivity index (χ0) is 36.3. The number of nitrogens with zero attached hydrogens (tertiary/aromatic N) is 2. The van der Waals surface area contributed by atoms with E-state index in [-0.39, 0.29) is 0 Å². The second-order valence-electron chi connectivity index (χ2n) is 14.5. The molecule has 1 aliphatic rings. The van der Waals surface area contributed by atoms with E-state index in [2.05, 4.69) is 228 Å². The maximum Gasteiger partial charge on any atom is 0.0713 e. The van der Waals surface area contributed by atoms with Crippen LogP contribution in [0.2, 0.25) is 0 Å². The van der Waals surface area contributed by atoms with Gasteiger partial charge in [0.05, 0.1) is 16.4 Å². The van der Waals surface area contributed by atoms with Gasteiger partial charge in [0, 0.05) is 33.5 Å². The molecule has 10 aromatic rings. The van der Waals surface area contributed by atoms with E-state index in [1.807, 2.05) is 0 Å². The maximum absolute atomic E-state index is 2.46. The quantitative estimate of drug-likeness (QED) is 0.168. The first-order valence-corrected chi connectivity index (χ1v) is 19.0. The monoisotopic (exact) mass is 700 g/mol. The van der Waals surface area contributed by atoms with Crippen LogP contribution in [0, 0.1) is 0 Å². The molecule has 1 aromatic heterocycles. The van der Waals surface area contributed by atoms with E-state index in [9.17, 15) is 0 Å². The van der Waals surface area contributed by atoms with Gasteiger partial charge in [0.2, 0.25) is 0 Å². The largest absolute Gasteiger partial charge is 0.310 e. The smallest absolute Gasteiger partial charge is 0.0713 e. The van der Waals surface area contributed by atoms with Gasteiger partial charge in [-0.1, -0.05) is 152 Å². The molecule has 258 valence electrons. The molecule has 0 atom stereocenters. The summed E-state index contributed by atoms with van der Waals surface area (Å²) in [5.41, 5.74) is 14.2. The minimum absolute atomic E-state index is 0.447. The summed E-state index contributed by atoms with van der Waals surface area (Å²) in [7, 11) is 0. The molecule has 1 heterocycles. The average Bonchev–Trinajstić information content (AvgIpc) is 3.75. The van der Waals surface area contributed by atoms with Gasteiger partial charge in [-0.25, -0.2) is 0 Å². The van der Waals surface area contributed by atoms with Crippen molar-refractivity contribution >= 4 is 49.6 Å². The topological polar surface area (TPSA) is 8.17 Å². The normalized spacial score (nSPS) is 12.9. The van der Waals surface area contributed by atoms with E-state index in [1.54, 1.807) is 0 Å². The van der Waals surface area contributed by atoms with Gasteiger partial charge in [-0.05, 0) is 111 Å². The number of anilines is 3. The third-order valence-corrected chi connectivity index (χ3v) is 11.6. The van der Waals surface area contributed by atoms with Crippen LogP contribution in [0.15, 0.2) is 218 Å². The van der Waals surface area contributed by atoms with E-state index in [1.165, 1.54) is 66.0 Å². The number of benzene rings is 9. The highest BCUT2D eigenvalue weighted by Gasteiger charge is 2.46. The first-order chi connectivity index (χ1) is 27.3. The molecule has 0 N–H and O–H groups in total. The Morgan fingerprint density at radius 2 is 0.909 bits per heavy atom. The van der Waals surface area contributed by atoms with Crippen LogP contribution >= 0.6 is 0 Å². The first-order valence-electron chi connectivity index (χ1n) is 19.0. The van der Waals surface area contributed by atoms with E-state index in [0.717, 1.165) is 22.7 Å². The summed E-state index contributed by atoms with van der Waals surface area (Å²) >= 11 is 0.